The number of benzene rings is 1. The summed E-state index contributed by atoms with van der Waals surface area (Å²) in [6.07, 6.45) is 1.59. The van der Waals surface area contributed by atoms with Crippen LogP contribution in [0.2, 0.25) is 5.02 Å². The van der Waals surface area contributed by atoms with Crippen molar-refractivity contribution in [2.75, 3.05) is 10.6 Å². The quantitative estimate of drug-likeness (QED) is 0.595. The molecule has 28 heavy (non-hydrogen) atoms. The van der Waals surface area contributed by atoms with Crippen LogP contribution >= 0.6 is 27.5 Å². The molecule has 144 valence electrons. The first-order chi connectivity index (χ1) is 13.3. The molecule has 2 amide bonds. The van der Waals surface area contributed by atoms with Gasteiger partial charge in [-0.15, -0.1) is 0 Å². The largest absolute Gasteiger partial charge is 0.324 e. The molecule has 0 radical (unpaired) electrons. The van der Waals surface area contributed by atoms with Crippen molar-refractivity contribution in [1.82, 2.24) is 14.8 Å². The number of nitrogens with one attached hydrogen (secondary N) is 2. The van der Waals surface area contributed by atoms with Crippen LogP contribution in [0.15, 0.2) is 47.1 Å². The molecule has 2 aromatic heterocycles. The Morgan fingerprint density at radius 2 is 1.96 bits per heavy atom. The van der Waals surface area contributed by atoms with Crippen LogP contribution in [0.25, 0.3) is 0 Å². The van der Waals surface area contributed by atoms with Crippen molar-refractivity contribution in [3.63, 3.8) is 0 Å². The first-order valence-electron chi connectivity index (χ1n) is 8.36. The number of rotatable bonds is 5. The predicted molar refractivity (Wildman–Crippen MR) is 112 cm³/mol. The van der Waals surface area contributed by atoms with Gasteiger partial charge in [0.15, 0.2) is 0 Å². The molecule has 0 spiro atoms. The number of carbonyl (C=O) groups excluding carboxylic acids is 2. The third kappa shape index (κ3) is 4.76. The van der Waals surface area contributed by atoms with Crippen molar-refractivity contribution in [1.29, 1.82) is 0 Å². The van der Waals surface area contributed by atoms with Crippen molar-refractivity contribution in [3.8, 4) is 0 Å². The van der Waals surface area contributed by atoms with Crippen LogP contribution < -0.4 is 10.6 Å². The Hall–Kier alpha value is -2.71. The van der Waals surface area contributed by atoms with Crippen molar-refractivity contribution < 1.29 is 9.59 Å². The minimum Gasteiger partial charge on any atom is -0.324 e. The topological polar surface area (TPSA) is 88.9 Å². The highest BCUT2D eigenvalue weighted by Crippen LogP contribution is 2.19. The lowest BCUT2D eigenvalue weighted by Crippen LogP contribution is -2.20. The Morgan fingerprint density at radius 3 is 2.61 bits per heavy atom. The van der Waals surface area contributed by atoms with E-state index in [0.29, 0.717) is 27.8 Å². The third-order valence-electron chi connectivity index (χ3n) is 3.96. The van der Waals surface area contributed by atoms with Gasteiger partial charge in [0, 0.05) is 21.9 Å². The predicted octanol–water partition coefficient (Wildman–Crippen LogP) is 4.20. The molecule has 2 heterocycles. The average Bonchev–Trinajstić information content (AvgIpc) is 2.90. The van der Waals surface area contributed by atoms with E-state index < -0.39 is 0 Å². The standard InChI is InChI=1S/C19H17BrClN5O2/c1-11-18(21)12(2)26(25-11)10-17(27)23-15-5-3-4-13(8-15)19(28)24-16-7-6-14(20)9-22-16/h3-9H,10H2,1-2H3,(H,23,27)(H,22,24,28). The SMILES string of the molecule is Cc1nn(CC(=O)Nc2cccc(C(=O)Nc3ccc(Br)cn3)c2)c(C)c1Cl. The van der Waals surface area contributed by atoms with E-state index in [4.69, 9.17) is 11.6 Å². The molecule has 1 aromatic carbocycles. The molecule has 0 saturated heterocycles. The molecule has 0 aliphatic rings. The highest BCUT2D eigenvalue weighted by atomic mass is 79.9. The second-order valence-corrected chi connectivity index (χ2v) is 7.38. The summed E-state index contributed by atoms with van der Waals surface area (Å²) in [6.45, 7) is 3.61. The van der Waals surface area contributed by atoms with Gasteiger partial charge in [-0.2, -0.15) is 5.10 Å². The molecular weight excluding hydrogens is 446 g/mol. The highest BCUT2D eigenvalue weighted by Gasteiger charge is 2.13. The summed E-state index contributed by atoms with van der Waals surface area (Å²) in [5, 5.41) is 10.3. The number of anilines is 2. The monoisotopic (exact) mass is 461 g/mol. The van der Waals surface area contributed by atoms with Crippen LogP contribution in [0.1, 0.15) is 21.7 Å². The molecule has 0 saturated carbocycles. The Kier molecular flexibility index (Phi) is 6.11. The Balaban J connectivity index is 1.66. The Bertz CT molecular complexity index is 1030. The molecule has 2 N–H and O–H groups in total. The van der Waals surface area contributed by atoms with Crippen molar-refractivity contribution >= 4 is 50.9 Å². The van der Waals surface area contributed by atoms with E-state index >= 15 is 0 Å². The first kappa shape index (κ1) is 20.0. The maximum Gasteiger partial charge on any atom is 0.256 e. The molecule has 0 atom stereocenters. The number of hydrogen-bond donors (Lipinski definition) is 2. The van der Waals surface area contributed by atoms with Crippen molar-refractivity contribution in [2.24, 2.45) is 0 Å². The maximum atomic E-state index is 12.4. The normalized spacial score (nSPS) is 10.6. The maximum absolute atomic E-state index is 12.4. The minimum absolute atomic E-state index is 0.0264. The number of amides is 2. The molecule has 0 aliphatic heterocycles. The summed E-state index contributed by atoms with van der Waals surface area (Å²) >= 11 is 9.40. The van der Waals surface area contributed by atoms with Crippen LogP contribution in [0, 0.1) is 13.8 Å². The van der Waals surface area contributed by atoms with E-state index in [1.165, 1.54) is 0 Å². The van der Waals surface area contributed by atoms with Gasteiger partial charge in [-0.3, -0.25) is 14.3 Å². The van der Waals surface area contributed by atoms with Gasteiger partial charge in [-0.1, -0.05) is 17.7 Å². The number of hydrogen-bond acceptors (Lipinski definition) is 4. The molecular formula is C19H17BrClN5O2. The number of halogens is 2. The van der Waals surface area contributed by atoms with Gasteiger partial charge in [-0.05, 0) is 60.1 Å². The summed E-state index contributed by atoms with van der Waals surface area (Å²) in [7, 11) is 0. The fourth-order valence-corrected chi connectivity index (χ4v) is 2.91. The van der Waals surface area contributed by atoms with Gasteiger partial charge in [0.05, 0.1) is 16.4 Å². The van der Waals surface area contributed by atoms with Crippen LogP contribution in [0.4, 0.5) is 11.5 Å². The van der Waals surface area contributed by atoms with Gasteiger partial charge in [-0.25, -0.2) is 4.98 Å². The molecule has 0 bridgehead atoms. The fourth-order valence-electron chi connectivity index (χ4n) is 2.54. The molecule has 0 unspecified atom stereocenters. The van der Waals surface area contributed by atoms with Crippen LogP contribution in [-0.4, -0.2) is 26.6 Å². The van der Waals surface area contributed by atoms with E-state index in [2.05, 4.69) is 36.6 Å². The van der Waals surface area contributed by atoms with Gasteiger partial charge in [0.25, 0.3) is 5.91 Å². The number of nitrogens with zero attached hydrogens (tertiary/aromatic N) is 3. The molecule has 3 rings (SSSR count). The van der Waals surface area contributed by atoms with Crippen molar-refractivity contribution in [3.05, 3.63) is 69.0 Å². The lowest BCUT2D eigenvalue weighted by atomic mass is 10.2. The zero-order valence-electron chi connectivity index (χ0n) is 15.2. The Labute approximate surface area is 175 Å². The average molecular weight is 463 g/mol. The van der Waals surface area contributed by atoms with Gasteiger partial charge in [0.2, 0.25) is 5.91 Å². The van der Waals surface area contributed by atoms with E-state index in [1.54, 1.807) is 61.1 Å². The number of aryl methyl sites for hydroxylation is 1. The summed E-state index contributed by atoms with van der Waals surface area (Å²) in [4.78, 5) is 28.8. The molecule has 3 aromatic rings. The molecule has 0 aliphatic carbocycles. The van der Waals surface area contributed by atoms with E-state index in [1.807, 2.05) is 0 Å². The summed E-state index contributed by atoms with van der Waals surface area (Å²) in [5.41, 5.74) is 2.31. The number of pyridine rings is 1. The molecule has 9 heteroatoms. The second-order valence-electron chi connectivity index (χ2n) is 6.09. The number of aromatic nitrogens is 3. The van der Waals surface area contributed by atoms with Gasteiger partial charge in [0.1, 0.15) is 12.4 Å². The Morgan fingerprint density at radius 1 is 1.18 bits per heavy atom. The first-order valence-corrected chi connectivity index (χ1v) is 9.53. The smallest absolute Gasteiger partial charge is 0.256 e. The fraction of sp³-hybridized carbons (Fsp3) is 0.158. The van der Waals surface area contributed by atoms with Crippen LogP contribution in [-0.2, 0) is 11.3 Å². The summed E-state index contributed by atoms with van der Waals surface area (Å²) in [5.74, 6) is -0.158. The zero-order chi connectivity index (χ0) is 20.3. The second kappa shape index (κ2) is 8.53. The van der Waals surface area contributed by atoms with Gasteiger partial charge < -0.3 is 10.6 Å². The van der Waals surface area contributed by atoms with E-state index in [9.17, 15) is 9.59 Å². The van der Waals surface area contributed by atoms with E-state index in [0.717, 1.165) is 10.2 Å². The third-order valence-corrected chi connectivity index (χ3v) is 4.98. The number of carbonyl (C=O) groups is 2. The lowest BCUT2D eigenvalue weighted by molar-refractivity contribution is -0.116. The van der Waals surface area contributed by atoms with Gasteiger partial charge >= 0.3 is 0 Å². The summed E-state index contributed by atoms with van der Waals surface area (Å²) in [6, 6.07) is 10.1. The zero-order valence-corrected chi connectivity index (χ0v) is 17.5. The van der Waals surface area contributed by atoms with E-state index in [-0.39, 0.29) is 18.4 Å². The van der Waals surface area contributed by atoms with Crippen LogP contribution in [0.5, 0.6) is 0 Å². The molecule has 0 fully saturated rings. The highest BCUT2D eigenvalue weighted by molar-refractivity contribution is 9.10. The summed E-state index contributed by atoms with van der Waals surface area (Å²) < 4.78 is 2.36. The molecule has 7 nitrogen and oxygen atoms in total. The minimum atomic E-state index is -0.323. The van der Waals surface area contributed by atoms with Crippen molar-refractivity contribution in [2.45, 2.75) is 20.4 Å². The lowest BCUT2D eigenvalue weighted by Gasteiger charge is -2.09. The van der Waals surface area contributed by atoms with Crippen LogP contribution in [0.3, 0.4) is 0 Å².